The lowest BCUT2D eigenvalue weighted by Crippen LogP contribution is -2.51. The van der Waals surface area contributed by atoms with Gasteiger partial charge in [-0.3, -0.25) is 9.59 Å². The van der Waals surface area contributed by atoms with Gasteiger partial charge in [-0.1, -0.05) is 0 Å². The number of hydrogen-bond donors (Lipinski definition) is 1. The Morgan fingerprint density at radius 2 is 1.52 bits per heavy atom. The van der Waals surface area contributed by atoms with Crippen LogP contribution >= 0.6 is 12.4 Å². The van der Waals surface area contributed by atoms with Crippen LogP contribution in [0.4, 0.5) is 4.39 Å². The average molecular weight is 396 g/mol. The minimum Gasteiger partial charge on any atom is -0.339 e. The van der Waals surface area contributed by atoms with Crippen molar-refractivity contribution in [3.8, 4) is 0 Å². The molecule has 2 unspecified atom stereocenters. The Bertz CT molecular complexity index is 664. The number of piperidine rings is 1. The minimum absolute atomic E-state index is 0. The van der Waals surface area contributed by atoms with Gasteiger partial charge in [0, 0.05) is 50.2 Å². The maximum absolute atomic E-state index is 13.0. The Hall–Kier alpha value is -1.66. The number of amides is 2. The number of nitrogens with one attached hydrogen (secondary N) is 1. The Balaban J connectivity index is 0.00000210. The smallest absolute Gasteiger partial charge is 0.253 e. The summed E-state index contributed by atoms with van der Waals surface area (Å²) < 4.78 is 13.0. The van der Waals surface area contributed by atoms with E-state index < -0.39 is 0 Å². The van der Waals surface area contributed by atoms with E-state index in [-0.39, 0.29) is 30.0 Å². The maximum atomic E-state index is 13.0. The summed E-state index contributed by atoms with van der Waals surface area (Å²) >= 11 is 0. The number of hydrogen-bond acceptors (Lipinski definition) is 3. The number of piperazine rings is 1. The molecule has 3 saturated heterocycles. The Kier molecular flexibility index (Phi) is 6.37. The topological polar surface area (TPSA) is 52.7 Å². The number of halogens is 2. The van der Waals surface area contributed by atoms with E-state index >= 15 is 0 Å². The molecule has 0 radical (unpaired) electrons. The Morgan fingerprint density at radius 3 is 2.11 bits per heavy atom. The van der Waals surface area contributed by atoms with Crippen molar-refractivity contribution >= 4 is 24.2 Å². The largest absolute Gasteiger partial charge is 0.339 e. The zero-order valence-corrected chi connectivity index (χ0v) is 16.2. The lowest BCUT2D eigenvalue weighted by molar-refractivity contribution is -0.134. The molecule has 148 valence electrons. The first-order valence-electron chi connectivity index (χ1n) is 9.67. The van der Waals surface area contributed by atoms with Gasteiger partial charge < -0.3 is 15.1 Å². The predicted octanol–water partition coefficient (Wildman–Crippen LogP) is 2.45. The summed E-state index contributed by atoms with van der Waals surface area (Å²) in [5.41, 5.74) is 0.497. The number of rotatable bonds is 3. The molecule has 1 aromatic rings. The maximum Gasteiger partial charge on any atom is 0.253 e. The molecule has 2 amide bonds. The summed E-state index contributed by atoms with van der Waals surface area (Å²) in [6.45, 7) is 2.26. The van der Waals surface area contributed by atoms with Gasteiger partial charge >= 0.3 is 0 Å². The third-order valence-electron chi connectivity index (χ3n) is 6.04. The van der Waals surface area contributed by atoms with Gasteiger partial charge in [-0.05, 0) is 55.9 Å². The molecule has 3 aliphatic heterocycles. The van der Waals surface area contributed by atoms with Crippen molar-refractivity contribution in [3.05, 3.63) is 35.6 Å². The van der Waals surface area contributed by atoms with Crippen LogP contribution in [0.2, 0.25) is 0 Å². The van der Waals surface area contributed by atoms with Crippen molar-refractivity contribution < 1.29 is 14.0 Å². The van der Waals surface area contributed by atoms with Crippen LogP contribution in [-0.4, -0.2) is 59.9 Å². The van der Waals surface area contributed by atoms with Crippen molar-refractivity contribution in [2.75, 3.05) is 26.2 Å². The Morgan fingerprint density at radius 1 is 0.963 bits per heavy atom. The number of fused-ring (bicyclic) bond motifs is 2. The fraction of sp³-hybridized carbons (Fsp3) is 0.600. The zero-order valence-electron chi connectivity index (χ0n) is 15.4. The van der Waals surface area contributed by atoms with Crippen molar-refractivity contribution in [3.63, 3.8) is 0 Å². The minimum atomic E-state index is -0.344. The van der Waals surface area contributed by atoms with Gasteiger partial charge in [0.15, 0.2) is 0 Å². The molecule has 3 aliphatic rings. The molecule has 4 rings (SSSR count). The Labute approximate surface area is 165 Å². The van der Waals surface area contributed by atoms with Crippen LogP contribution in [0.1, 0.15) is 42.5 Å². The molecule has 0 saturated carbocycles. The molecule has 1 aromatic carbocycles. The van der Waals surface area contributed by atoms with E-state index in [9.17, 15) is 14.0 Å². The van der Waals surface area contributed by atoms with Crippen LogP contribution in [0, 0.1) is 11.7 Å². The van der Waals surface area contributed by atoms with Crippen molar-refractivity contribution in [2.24, 2.45) is 5.92 Å². The third-order valence-corrected chi connectivity index (χ3v) is 6.04. The van der Waals surface area contributed by atoms with Gasteiger partial charge in [-0.15, -0.1) is 12.4 Å². The highest BCUT2D eigenvalue weighted by Crippen LogP contribution is 2.33. The normalized spacial score (nSPS) is 27.2. The molecule has 2 atom stereocenters. The molecule has 7 heteroatoms. The van der Waals surface area contributed by atoms with Crippen molar-refractivity contribution in [2.45, 2.75) is 44.2 Å². The van der Waals surface area contributed by atoms with Gasteiger partial charge in [-0.25, -0.2) is 4.39 Å². The van der Waals surface area contributed by atoms with Crippen LogP contribution in [0.3, 0.4) is 0 Å². The van der Waals surface area contributed by atoms with Gasteiger partial charge in [0.1, 0.15) is 5.82 Å². The SMILES string of the molecule is Cl.O=C(CC1CC2CCC(C1)N2)N1CCN(C(=O)c2ccc(F)cc2)CC1. The second kappa shape index (κ2) is 8.57. The fourth-order valence-corrected chi connectivity index (χ4v) is 4.65. The predicted molar refractivity (Wildman–Crippen MR) is 103 cm³/mol. The second-order valence-corrected chi connectivity index (χ2v) is 7.86. The standard InChI is InChI=1S/C20H26FN3O2.ClH/c21-16-3-1-15(2-4-16)20(26)24-9-7-23(8-10-24)19(25)13-14-11-17-5-6-18(12-14)22-17;/h1-4,14,17-18,22H,5-13H2;1H. The van der Waals surface area contributed by atoms with Gasteiger partial charge in [0.2, 0.25) is 5.91 Å². The lowest BCUT2D eigenvalue weighted by atomic mass is 9.89. The van der Waals surface area contributed by atoms with E-state index in [0.29, 0.717) is 56.2 Å². The number of carbonyl (C=O) groups is 2. The average Bonchev–Trinajstić information content (AvgIpc) is 3.00. The summed E-state index contributed by atoms with van der Waals surface area (Å²) in [4.78, 5) is 28.8. The van der Waals surface area contributed by atoms with Crippen LogP contribution in [0.15, 0.2) is 24.3 Å². The number of benzene rings is 1. The highest BCUT2D eigenvalue weighted by Gasteiger charge is 2.35. The lowest BCUT2D eigenvalue weighted by Gasteiger charge is -2.36. The molecule has 3 fully saturated rings. The fourth-order valence-electron chi connectivity index (χ4n) is 4.65. The molecule has 5 nitrogen and oxygen atoms in total. The molecular formula is C20H27ClFN3O2. The van der Waals surface area contributed by atoms with Crippen molar-refractivity contribution in [1.29, 1.82) is 0 Å². The molecule has 27 heavy (non-hydrogen) atoms. The van der Waals surface area contributed by atoms with E-state index in [1.165, 1.54) is 37.1 Å². The van der Waals surface area contributed by atoms with E-state index in [1.54, 1.807) is 4.90 Å². The molecule has 3 heterocycles. The van der Waals surface area contributed by atoms with Gasteiger partial charge in [-0.2, -0.15) is 0 Å². The third kappa shape index (κ3) is 4.61. The molecular weight excluding hydrogens is 369 g/mol. The first kappa shape index (κ1) is 20.1. The van der Waals surface area contributed by atoms with Crippen LogP contribution in [0.25, 0.3) is 0 Å². The monoisotopic (exact) mass is 395 g/mol. The molecule has 0 aromatic heterocycles. The van der Waals surface area contributed by atoms with E-state index in [2.05, 4.69) is 5.32 Å². The van der Waals surface area contributed by atoms with E-state index in [1.807, 2.05) is 4.90 Å². The summed E-state index contributed by atoms with van der Waals surface area (Å²) in [6, 6.07) is 6.85. The second-order valence-electron chi connectivity index (χ2n) is 7.86. The number of nitrogens with zero attached hydrogens (tertiary/aromatic N) is 2. The summed E-state index contributed by atoms with van der Waals surface area (Å²) in [5, 5.41) is 3.62. The molecule has 2 bridgehead atoms. The zero-order chi connectivity index (χ0) is 18.1. The molecule has 0 spiro atoms. The van der Waals surface area contributed by atoms with Crippen LogP contribution < -0.4 is 5.32 Å². The summed E-state index contributed by atoms with van der Waals surface area (Å²) in [6.07, 6.45) is 5.37. The highest BCUT2D eigenvalue weighted by atomic mass is 35.5. The first-order chi connectivity index (χ1) is 12.6. The highest BCUT2D eigenvalue weighted by molar-refractivity contribution is 5.94. The van der Waals surface area contributed by atoms with E-state index in [0.717, 1.165) is 12.8 Å². The molecule has 1 N–H and O–H groups in total. The first-order valence-corrected chi connectivity index (χ1v) is 9.67. The van der Waals surface area contributed by atoms with Crippen LogP contribution in [0.5, 0.6) is 0 Å². The van der Waals surface area contributed by atoms with Crippen molar-refractivity contribution in [1.82, 2.24) is 15.1 Å². The quantitative estimate of drug-likeness (QED) is 0.855. The van der Waals surface area contributed by atoms with Gasteiger partial charge in [0.05, 0.1) is 0 Å². The number of carbonyl (C=O) groups excluding carboxylic acids is 2. The van der Waals surface area contributed by atoms with Gasteiger partial charge in [0.25, 0.3) is 5.91 Å². The van der Waals surface area contributed by atoms with E-state index in [4.69, 9.17) is 0 Å². The summed E-state index contributed by atoms with van der Waals surface area (Å²) in [7, 11) is 0. The molecule has 0 aliphatic carbocycles. The summed E-state index contributed by atoms with van der Waals surface area (Å²) in [5.74, 6) is 0.292. The van der Waals surface area contributed by atoms with Crippen LogP contribution in [-0.2, 0) is 4.79 Å².